The number of nitrogens with zero attached hydrogens (tertiary/aromatic N) is 1. The molecule has 80 valence electrons. The lowest BCUT2D eigenvalue weighted by Crippen LogP contribution is -2.45. The Bertz CT molecular complexity index is 242. The molecule has 4 heteroatoms. The summed E-state index contributed by atoms with van der Waals surface area (Å²) >= 11 is 0. The minimum atomic E-state index is 0.366. The molecule has 1 unspecified atom stereocenters. The van der Waals surface area contributed by atoms with Crippen molar-refractivity contribution in [2.24, 2.45) is 28.0 Å². The average molecular weight is 197 g/mol. The Morgan fingerprint density at radius 2 is 2.36 bits per heavy atom. The summed E-state index contributed by atoms with van der Waals surface area (Å²) in [6, 6.07) is 0. The molecule has 0 aromatic rings. The van der Waals surface area contributed by atoms with Gasteiger partial charge in [-0.3, -0.25) is 10.3 Å². The third kappa shape index (κ3) is 1.77. The number of rotatable bonds is 3. The number of amidine groups is 1. The molecule has 14 heavy (non-hydrogen) atoms. The maximum atomic E-state index is 5.78. The van der Waals surface area contributed by atoms with Crippen LogP contribution >= 0.6 is 0 Å². The Morgan fingerprint density at radius 1 is 1.64 bits per heavy atom. The molecule has 1 aliphatic heterocycles. The van der Waals surface area contributed by atoms with Crippen LogP contribution in [0.15, 0.2) is 4.99 Å². The second kappa shape index (κ2) is 3.51. The van der Waals surface area contributed by atoms with Crippen molar-refractivity contribution in [2.45, 2.75) is 26.7 Å². The van der Waals surface area contributed by atoms with Crippen LogP contribution in [0.2, 0.25) is 0 Å². The molecule has 1 atom stereocenters. The first kappa shape index (κ1) is 9.93. The van der Waals surface area contributed by atoms with Gasteiger partial charge in [0.05, 0.1) is 0 Å². The molecule has 3 N–H and O–H groups in total. The monoisotopic (exact) mass is 197 g/mol. The van der Waals surface area contributed by atoms with Gasteiger partial charge in [-0.25, -0.2) is 4.99 Å². The average Bonchev–Trinajstić information content (AvgIpc) is 2.55. The predicted molar refractivity (Wildman–Crippen MR) is 55.6 cm³/mol. The molecule has 1 fully saturated rings. The summed E-state index contributed by atoms with van der Waals surface area (Å²) in [4.78, 5) is 9.26. The van der Waals surface area contributed by atoms with Gasteiger partial charge in [-0.15, -0.1) is 0 Å². The number of nitrogens with two attached hydrogens (primary N) is 1. The van der Waals surface area contributed by atoms with Crippen molar-refractivity contribution >= 4 is 5.84 Å². The van der Waals surface area contributed by atoms with Gasteiger partial charge in [0.15, 0.2) is 6.73 Å². The first-order valence-electron chi connectivity index (χ1n) is 5.24. The van der Waals surface area contributed by atoms with Crippen molar-refractivity contribution in [3.05, 3.63) is 0 Å². The molecule has 0 spiro atoms. The molecular formula is C10H19N3O. The van der Waals surface area contributed by atoms with Crippen LogP contribution in [0.4, 0.5) is 0 Å². The molecule has 1 aliphatic carbocycles. The first-order chi connectivity index (χ1) is 6.62. The SMILES string of the molecule is CC1(C)CC(C(CN)C2=NCON2)C1. The summed E-state index contributed by atoms with van der Waals surface area (Å²) in [6.07, 6.45) is 2.49. The largest absolute Gasteiger partial charge is 0.330 e. The van der Waals surface area contributed by atoms with Gasteiger partial charge in [0, 0.05) is 12.5 Å². The van der Waals surface area contributed by atoms with Gasteiger partial charge in [-0.05, 0) is 24.2 Å². The third-order valence-corrected chi connectivity index (χ3v) is 3.28. The fourth-order valence-corrected chi connectivity index (χ4v) is 2.60. The van der Waals surface area contributed by atoms with E-state index in [9.17, 15) is 0 Å². The predicted octanol–water partition coefficient (Wildman–Crippen LogP) is 0.888. The van der Waals surface area contributed by atoms with Crippen molar-refractivity contribution < 1.29 is 4.84 Å². The summed E-state index contributed by atoms with van der Waals surface area (Å²) in [5, 5.41) is 0. The van der Waals surface area contributed by atoms with E-state index in [4.69, 9.17) is 10.6 Å². The maximum Gasteiger partial charge on any atom is 0.166 e. The summed E-state index contributed by atoms with van der Waals surface area (Å²) in [5.74, 6) is 2.00. The van der Waals surface area contributed by atoms with Crippen LogP contribution < -0.4 is 11.2 Å². The minimum Gasteiger partial charge on any atom is -0.330 e. The second-order valence-electron chi connectivity index (χ2n) is 5.09. The Kier molecular flexibility index (Phi) is 2.49. The summed E-state index contributed by atoms with van der Waals surface area (Å²) < 4.78 is 0. The third-order valence-electron chi connectivity index (χ3n) is 3.28. The Hall–Kier alpha value is -0.610. The molecule has 0 aromatic carbocycles. The fraction of sp³-hybridized carbons (Fsp3) is 0.900. The molecule has 1 heterocycles. The van der Waals surface area contributed by atoms with Gasteiger partial charge >= 0.3 is 0 Å². The Balaban J connectivity index is 1.94. The number of nitrogens with one attached hydrogen (secondary N) is 1. The highest BCUT2D eigenvalue weighted by atomic mass is 16.7. The van der Waals surface area contributed by atoms with Gasteiger partial charge in [-0.1, -0.05) is 13.8 Å². The normalized spacial score (nSPS) is 27.8. The summed E-state index contributed by atoms with van der Waals surface area (Å²) in [5.41, 5.74) is 9.13. The summed E-state index contributed by atoms with van der Waals surface area (Å²) in [6.45, 7) is 5.70. The van der Waals surface area contributed by atoms with E-state index in [1.807, 2.05) is 0 Å². The van der Waals surface area contributed by atoms with Gasteiger partial charge in [0.1, 0.15) is 5.84 Å². The lowest BCUT2D eigenvalue weighted by atomic mass is 9.60. The zero-order valence-electron chi connectivity index (χ0n) is 8.92. The number of aliphatic imine (C=N–C) groups is 1. The molecule has 0 amide bonds. The minimum absolute atomic E-state index is 0.366. The van der Waals surface area contributed by atoms with Crippen molar-refractivity contribution in [1.29, 1.82) is 0 Å². The van der Waals surface area contributed by atoms with E-state index < -0.39 is 0 Å². The fourth-order valence-electron chi connectivity index (χ4n) is 2.60. The van der Waals surface area contributed by atoms with Crippen LogP contribution in [0.3, 0.4) is 0 Å². The maximum absolute atomic E-state index is 5.78. The smallest absolute Gasteiger partial charge is 0.166 e. The van der Waals surface area contributed by atoms with E-state index in [2.05, 4.69) is 24.3 Å². The van der Waals surface area contributed by atoms with Crippen molar-refractivity contribution in [3.63, 3.8) is 0 Å². The van der Waals surface area contributed by atoms with E-state index in [0.717, 1.165) is 5.84 Å². The van der Waals surface area contributed by atoms with Gasteiger partial charge in [-0.2, -0.15) is 0 Å². The van der Waals surface area contributed by atoms with Crippen LogP contribution in [0.1, 0.15) is 26.7 Å². The van der Waals surface area contributed by atoms with Crippen molar-refractivity contribution in [1.82, 2.24) is 5.48 Å². The molecule has 2 rings (SSSR count). The van der Waals surface area contributed by atoms with Crippen LogP contribution in [0.5, 0.6) is 0 Å². The van der Waals surface area contributed by atoms with E-state index >= 15 is 0 Å². The molecular weight excluding hydrogens is 178 g/mol. The van der Waals surface area contributed by atoms with Crippen LogP contribution in [0, 0.1) is 17.3 Å². The van der Waals surface area contributed by atoms with Crippen molar-refractivity contribution in [2.75, 3.05) is 13.3 Å². The standard InChI is InChI=1S/C10H19N3O/c1-10(2)3-7(4-10)8(5-11)9-12-6-14-13-9/h7-8H,3-6,11H2,1-2H3,(H,12,13). The molecule has 0 saturated heterocycles. The molecule has 4 nitrogen and oxygen atoms in total. The van der Waals surface area contributed by atoms with Crippen LogP contribution in [0.25, 0.3) is 0 Å². The quantitative estimate of drug-likeness (QED) is 0.706. The second-order valence-corrected chi connectivity index (χ2v) is 5.09. The van der Waals surface area contributed by atoms with E-state index in [-0.39, 0.29) is 0 Å². The van der Waals surface area contributed by atoms with Gasteiger partial charge < -0.3 is 5.73 Å². The first-order valence-corrected chi connectivity index (χ1v) is 5.24. The van der Waals surface area contributed by atoms with Crippen molar-refractivity contribution in [3.8, 4) is 0 Å². The highest BCUT2D eigenvalue weighted by molar-refractivity contribution is 5.85. The molecule has 0 bridgehead atoms. The highest BCUT2D eigenvalue weighted by Gasteiger charge is 2.42. The number of hydroxylamine groups is 1. The molecule has 2 aliphatic rings. The lowest BCUT2D eigenvalue weighted by molar-refractivity contribution is 0.0657. The Morgan fingerprint density at radius 3 is 2.79 bits per heavy atom. The van der Waals surface area contributed by atoms with Gasteiger partial charge in [0.2, 0.25) is 0 Å². The number of hydrogen-bond donors (Lipinski definition) is 2. The zero-order valence-corrected chi connectivity index (χ0v) is 8.92. The lowest BCUT2D eigenvalue weighted by Gasteiger charge is -2.46. The number of hydrogen-bond acceptors (Lipinski definition) is 4. The van der Waals surface area contributed by atoms with Crippen LogP contribution in [-0.2, 0) is 4.84 Å². The van der Waals surface area contributed by atoms with Gasteiger partial charge in [0.25, 0.3) is 0 Å². The molecule has 0 radical (unpaired) electrons. The topological polar surface area (TPSA) is 59.6 Å². The van der Waals surface area contributed by atoms with E-state index in [1.54, 1.807) is 0 Å². The Labute approximate surface area is 84.9 Å². The molecule has 0 aromatic heterocycles. The zero-order chi connectivity index (χ0) is 10.2. The molecule has 1 saturated carbocycles. The van der Waals surface area contributed by atoms with E-state index in [1.165, 1.54) is 12.8 Å². The van der Waals surface area contributed by atoms with E-state index in [0.29, 0.717) is 30.5 Å². The summed E-state index contributed by atoms with van der Waals surface area (Å²) in [7, 11) is 0. The van der Waals surface area contributed by atoms with Crippen LogP contribution in [-0.4, -0.2) is 19.1 Å². The highest BCUT2D eigenvalue weighted by Crippen LogP contribution is 2.48.